The summed E-state index contributed by atoms with van der Waals surface area (Å²) in [6.07, 6.45) is 0.863. The summed E-state index contributed by atoms with van der Waals surface area (Å²) in [6.45, 7) is 5.20. The molecule has 5 nitrogen and oxygen atoms in total. The number of carbonyl (C=O) groups excluding carboxylic acids is 2. The quantitative estimate of drug-likeness (QED) is 0.688. The Labute approximate surface area is 146 Å². The molecule has 0 spiro atoms. The third-order valence-electron chi connectivity index (χ3n) is 3.13. The lowest BCUT2D eigenvalue weighted by Crippen LogP contribution is -2.40. The van der Waals surface area contributed by atoms with Crippen LogP contribution in [0.1, 0.15) is 26.7 Å². The average Bonchev–Trinajstić information content (AvgIpc) is 2.51. The Morgan fingerprint density at radius 2 is 2.00 bits per heavy atom. The van der Waals surface area contributed by atoms with Crippen LogP contribution in [0.15, 0.2) is 18.2 Å². The minimum absolute atomic E-state index is 0.0652. The molecule has 1 aromatic carbocycles. The fourth-order valence-electron chi connectivity index (χ4n) is 1.96. The highest BCUT2D eigenvalue weighted by Gasteiger charge is 2.14. The van der Waals surface area contributed by atoms with Crippen LogP contribution >= 0.6 is 23.2 Å². The predicted octanol–water partition coefficient (Wildman–Crippen LogP) is 3.14. The molecule has 0 unspecified atom stereocenters. The fourth-order valence-corrected chi connectivity index (χ4v) is 2.42. The molecule has 23 heavy (non-hydrogen) atoms. The molecule has 1 N–H and O–H groups in total. The molecule has 0 aliphatic carbocycles. The van der Waals surface area contributed by atoms with Crippen molar-refractivity contribution in [1.29, 1.82) is 0 Å². The first-order valence-electron chi connectivity index (χ1n) is 7.60. The number of halogens is 2. The van der Waals surface area contributed by atoms with Crippen molar-refractivity contribution in [1.82, 2.24) is 10.2 Å². The van der Waals surface area contributed by atoms with Gasteiger partial charge in [-0.25, -0.2) is 0 Å². The molecule has 0 aliphatic rings. The van der Waals surface area contributed by atoms with Gasteiger partial charge < -0.3 is 15.0 Å². The minimum Gasteiger partial charge on any atom is -0.492 e. The fraction of sp³-hybridized carbons (Fsp3) is 0.500. The van der Waals surface area contributed by atoms with Gasteiger partial charge in [0.05, 0.1) is 18.2 Å². The number of hydrogen-bond acceptors (Lipinski definition) is 3. The largest absolute Gasteiger partial charge is 0.492 e. The molecular weight excluding hydrogens is 339 g/mol. The van der Waals surface area contributed by atoms with Gasteiger partial charge in [0.2, 0.25) is 11.8 Å². The Hall–Kier alpha value is -1.46. The maximum absolute atomic E-state index is 12.1. The predicted molar refractivity (Wildman–Crippen MR) is 92.1 cm³/mol. The molecule has 0 aromatic heterocycles. The molecule has 0 heterocycles. The van der Waals surface area contributed by atoms with Crippen LogP contribution < -0.4 is 10.1 Å². The van der Waals surface area contributed by atoms with Crippen molar-refractivity contribution in [2.45, 2.75) is 26.7 Å². The highest BCUT2D eigenvalue weighted by molar-refractivity contribution is 6.35. The zero-order valence-corrected chi connectivity index (χ0v) is 14.9. The number of ether oxygens (including phenoxy) is 1. The first-order chi connectivity index (χ1) is 11.0. The first-order valence-corrected chi connectivity index (χ1v) is 8.35. The van der Waals surface area contributed by atoms with Gasteiger partial charge in [-0.2, -0.15) is 0 Å². The SMILES string of the molecule is CCNC(=O)CN(CC)C(=O)CCCOc1ccc(Cl)cc1Cl. The molecule has 0 radical (unpaired) electrons. The van der Waals surface area contributed by atoms with Gasteiger partial charge in [0, 0.05) is 24.5 Å². The van der Waals surface area contributed by atoms with Crippen LogP contribution in [0.4, 0.5) is 0 Å². The topological polar surface area (TPSA) is 58.6 Å². The summed E-state index contributed by atoms with van der Waals surface area (Å²) < 4.78 is 5.53. The van der Waals surface area contributed by atoms with E-state index in [2.05, 4.69) is 5.32 Å². The van der Waals surface area contributed by atoms with E-state index < -0.39 is 0 Å². The zero-order valence-electron chi connectivity index (χ0n) is 13.4. The van der Waals surface area contributed by atoms with Crippen LogP contribution in [-0.2, 0) is 9.59 Å². The molecule has 0 saturated heterocycles. The maximum Gasteiger partial charge on any atom is 0.239 e. The lowest BCUT2D eigenvalue weighted by molar-refractivity contribution is -0.136. The molecule has 128 valence electrons. The minimum atomic E-state index is -0.146. The Kier molecular flexibility index (Phi) is 8.81. The van der Waals surface area contributed by atoms with Crippen LogP contribution in [-0.4, -0.2) is 43.0 Å². The Morgan fingerprint density at radius 1 is 1.26 bits per heavy atom. The second kappa shape index (κ2) is 10.3. The monoisotopic (exact) mass is 360 g/mol. The van der Waals surface area contributed by atoms with Gasteiger partial charge in [0.1, 0.15) is 5.75 Å². The molecule has 0 saturated carbocycles. The Morgan fingerprint density at radius 3 is 2.61 bits per heavy atom. The summed E-state index contributed by atoms with van der Waals surface area (Å²) in [5.74, 6) is 0.328. The van der Waals surface area contributed by atoms with Crippen LogP contribution in [0.3, 0.4) is 0 Å². The van der Waals surface area contributed by atoms with Crippen LogP contribution in [0.25, 0.3) is 0 Å². The van der Waals surface area contributed by atoms with Gasteiger partial charge in [0.25, 0.3) is 0 Å². The van der Waals surface area contributed by atoms with Crippen molar-refractivity contribution < 1.29 is 14.3 Å². The molecule has 2 amide bonds. The summed E-state index contributed by atoms with van der Waals surface area (Å²) in [5, 5.41) is 3.66. The van der Waals surface area contributed by atoms with E-state index in [1.54, 1.807) is 18.2 Å². The van der Waals surface area contributed by atoms with Crippen molar-refractivity contribution in [3.63, 3.8) is 0 Å². The van der Waals surface area contributed by atoms with Gasteiger partial charge >= 0.3 is 0 Å². The van der Waals surface area contributed by atoms with E-state index in [0.717, 1.165) is 0 Å². The maximum atomic E-state index is 12.1. The van der Waals surface area contributed by atoms with E-state index in [1.807, 2.05) is 13.8 Å². The van der Waals surface area contributed by atoms with Gasteiger partial charge in [-0.1, -0.05) is 23.2 Å². The smallest absolute Gasteiger partial charge is 0.239 e. The Bertz CT molecular complexity index is 538. The Balaban J connectivity index is 2.35. The molecule has 1 rings (SSSR count). The molecule has 0 aliphatic heterocycles. The van der Waals surface area contributed by atoms with Crippen molar-refractivity contribution in [2.24, 2.45) is 0 Å². The van der Waals surface area contributed by atoms with Gasteiger partial charge in [0.15, 0.2) is 0 Å². The number of hydrogen-bond donors (Lipinski definition) is 1. The summed E-state index contributed by atoms with van der Waals surface area (Å²) in [7, 11) is 0. The summed E-state index contributed by atoms with van der Waals surface area (Å²) in [5.41, 5.74) is 0. The lowest BCUT2D eigenvalue weighted by Gasteiger charge is -2.20. The molecular formula is C16H22Cl2N2O3. The summed E-state index contributed by atoms with van der Waals surface area (Å²) in [4.78, 5) is 25.2. The number of nitrogens with one attached hydrogen (secondary N) is 1. The number of benzene rings is 1. The van der Waals surface area contributed by atoms with Crippen molar-refractivity contribution in [3.8, 4) is 5.75 Å². The van der Waals surface area contributed by atoms with Gasteiger partial charge in [-0.05, 0) is 38.5 Å². The van der Waals surface area contributed by atoms with E-state index in [4.69, 9.17) is 27.9 Å². The van der Waals surface area contributed by atoms with Gasteiger partial charge in [-0.15, -0.1) is 0 Å². The average molecular weight is 361 g/mol. The summed E-state index contributed by atoms with van der Waals surface area (Å²) in [6, 6.07) is 4.99. The normalized spacial score (nSPS) is 10.3. The number of carbonyl (C=O) groups is 2. The van der Waals surface area contributed by atoms with E-state index in [1.165, 1.54) is 4.90 Å². The standard InChI is InChI=1S/C16H22Cl2N2O3/c1-3-19-15(21)11-20(4-2)16(22)6-5-9-23-14-8-7-12(17)10-13(14)18/h7-8,10H,3-6,9,11H2,1-2H3,(H,19,21). The second-order valence-electron chi connectivity index (χ2n) is 4.89. The van der Waals surface area contributed by atoms with E-state index >= 15 is 0 Å². The number of rotatable bonds is 9. The van der Waals surface area contributed by atoms with Gasteiger partial charge in [-0.3, -0.25) is 9.59 Å². The number of likely N-dealkylation sites (N-methyl/N-ethyl adjacent to an activating group) is 2. The molecule has 0 fully saturated rings. The van der Waals surface area contributed by atoms with E-state index in [9.17, 15) is 9.59 Å². The number of nitrogens with zero attached hydrogens (tertiary/aromatic N) is 1. The van der Waals surface area contributed by atoms with Crippen LogP contribution in [0.5, 0.6) is 5.75 Å². The molecule has 0 bridgehead atoms. The summed E-state index contributed by atoms with van der Waals surface area (Å²) >= 11 is 11.8. The van der Waals surface area contributed by atoms with Crippen molar-refractivity contribution >= 4 is 35.0 Å². The lowest BCUT2D eigenvalue weighted by atomic mass is 10.2. The molecule has 0 atom stereocenters. The molecule has 7 heteroatoms. The third-order valence-corrected chi connectivity index (χ3v) is 3.66. The van der Waals surface area contributed by atoms with Crippen LogP contribution in [0, 0.1) is 0 Å². The van der Waals surface area contributed by atoms with Crippen molar-refractivity contribution in [2.75, 3.05) is 26.2 Å². The van der Waals surface area contributed by atoms with E-state index in [0.29, 0.717) is 48.3 Å². The zero-order chi connectivity index (χ0) is 17.2. The molecule has 1 aromatic rings. The van der Waals surface area contributed by atoms with E-state index in [-0.39, 0.29) is 18.4 Å². The third kappa shape index (κ3) is 7.10. The first kappa shape index (κ1) is 19.6. The number of amides is 2. The van der Waals surface area contributed by atoms with Crippen LogP contribution in [0.2, 0.25) is 10.0 Å². The highest BCUT2D eigenvalue weighted by atomic mass is 35.5. The second-order valence-corrected chi connectivity index (χ2v) is 5.73. The van der Waals surface area contributed by atoms with Crippen molar-refractivity contribution in [3.05, 3.63) is 28.2 Å². The highest BCUT2D eigenvalue weighted by Crippen LogP contribution is 2.27.